The van der Waals surface area contributed by atoms with Crippen molar-refractivity contribution in [1.82, 2.24) is 24.5 Å². The third kappa shape index (κ3) is 4.59. The quantitative estimate of drug-likeness (QED) is 0.643. The second-order valence-corrected chi connectivity index (χ2v) is 6.77. The lowest BCUT2D eigenvalue weighted by molar-refractivity contribution is 0.255. The summed E-state index contributed by atoms with van der Waals surface area (Å²) in [5.74, 6) is 0.660. The highest BCUT2D eigenvalue weighted by Crippen LogP contribution is 2.33. The number of hydrogen-bond acceptors (Lipinski definition) is 3. The van der Waals surface area contributed by atoms with E-state index in [2.05, 4.69) is 41.2 Å². The molecule has 148 valence electrons. The average Bonchev–Trinajstić information content (AvgIpc) is 3.30. The van der Waals surface area contributed by atoms with E-state index in [0.717, 1.165) is 5.69 Å². The second-order valence-electron chi connectivity index (χ2n) is 6.77. The Hall–Kier alpha value is -2.14. The minimum absolute atomic E-state index is 0.660. The predicted molar refractivity (Wildman–Crippen MR) is 115 cm³/mol. The Kier molecular flexibility index (Phi) is 7.60. The Morgan fingerprint density at radius 3 is 2.19 bits per heavy atom. The number of piperidine rings is 1. The first-order chi connectivity index (χ1) is 13.1. The highest BCUT2D eigenvalue weighted by molar-refractivity contribution is 5.82. The summed E-state index contributed by atoms with van der Waals surface area (Å²) in [4.78, 5) is 2.42. The van der Waals surface area contributed by atoms with Crippen LogP contribution in [0, 0.1) is 6.92 Å². The van der Waals surface area contributed by atoms with Crippen LogP contribution in [0.15, 0.2) is 30.7 Å². The zero-order valence-electron chi connectivity index (χ0n) is 18.0. The lowest BCUT2D eigenvalue weighted by atomic mass is 9.86. The Labute approximate surface area is 164 Å². The van der Waals surface area contributed by atoms with Gasteiger partial charge in [-0.05, 0) is 69.1 Å². The zero-order chi connectivity index (χ0) is 20.0. The monoisotopic (exact) mass is 369 g/mol. The number of fused-ring (bicyclic) bond motifs is 1. The number of hydrogen-bond donors (Lipinski definition) is 0. The maximum atomic E-state index is 4.57. The molecule has 1 saturated heterocycles. The van der Waals surface area contributed by atoms with Crippen molar-refractivity contribution in [2.45, 2.75) is 53.4 Å². The minimum atomic E-state index is 0.660. The molecule has 1 aromatic carbocycles. The Morgan fingerprint density at radius 1 is 0.926 bits per heavy atom. The molecule has 1 aliphatic heterocycles. The number of nitrogens with zero attached hydrogens (tertiary/aromatic N) is 5. The van der Waals surface area contributed by atoms with Crippen LogP contribution < -0.4 is 0 Å². The molecule has 1 fully saturated rings. The fourth-order valence-electron chi connectivity index (χ4n) is 3.69. The van der Waals surface area contributed by atoms with Gasteiger partial charge in [-0.1, -0.05) is 27.7 Å². The molecule has 0 bridgehead atoms. The van der Waals surface area contributed by atoms with Gasteiger partial charge in [-0.3, -0.25) is 4.68 Å². The van der Waals surface area contributed by atoms with Gasteiger partial charge in [-0.15, -0.1) is 0 Å². The van der Waals surface area contributed by atoms with Crippen molar-refractivity contribution in [1.29, 1.82) is 0 Å². The van der Waals surface area contributed by atoms with Crippen molar-refractivity contribution in [2.75, 3.05) is 20.1 Å². The Bertz CT molecular complexity index is 838. The van der Waals surface area contributed by atoms with E-state index in [1.165, 1.54) is 48.0 Å². The zero-order valence-corrected chi connectivity index (χ0v) is 18.0. The molecule has 0 amide bonds. The first kappa shape index (κ1) is 21.2. The van der Waals surface area contributed by atoms with E-state index in [4.69, 9.17) is 0 Å². The van der Waals surface area contributed by atoms with Crippen molar-refractivity contribution in [3.8, 4) is 5.69 Å². The summed E-state index contributed by atoms with van der Waals surface area (Å²) in [5.41, 5.74) is 5.06. The first-order valence-electron chi connectivity index (χ1n) is 10.3. The molecule has 27 heavy (non-hydrogen) atoms. The molecule has 0 aliphatic carbocycles. The normalized spacial score (nSPS) is 15.1. The summed E-state index contributed by atoms with van der Waals surface area (Å²) in [7, 11) is 4.15. The molecule has 5 nitrogen and oxygen atoms in total. The standard InChI is InChI=1S/C18H23N5.2C2H6/c1-13-8-15-10-20-23(16-11-19-22(3)12-16)18(15)9-17(13)14-4-6-21(2)7-5-14;2*1-2/h8-12,14H,4-7H2,1-3H3;2*1-2H3. The van der Waals surface area contributed by atoms with Gasteiger partial charge in [-0.25, -0.2) is 4.68 Å². The molecule has 4 rings (SSSR count). The van der Waals surface area contributed by atoms with Gasteiger partial charge in [-0.2, -0.15) is 10.2 Å². The summed E-state index contributed by atoms with van der Waals surface area (Å²) in [6, 6.07) is 4.63. The first-order valence-corrected chi connectivity index (χ1v) is 10.3. The van der Waals surface area contributed by atoms with Crippen molar-refractivity contribution in [3.63, 3.8) is 0 Å². The molecule has 3 aromatic rings. The van der Waals surface area contributed by atoms with Crippen molar-refractivity contribution < 1.29 is 0 Å². The molecular weight excluding hydrogens is 334 g/mol. The summed E-state index contributed by atoms with van der Waals surface area (Å²) < 4.78 is 3.81. The van der Waals surface area contributed by atoms with E-state index in [0.29, 0.717) is 5.92 Å². The average molecular weight is 370 g/mol. The van der Waals surface area contributed by atoms with Crippen LogP contribution in [0.1, 0.15) is 57.6 Å². The summed E-state index contributed by atoms with van der Waals surface area (Å²) in [6.45, 7) is 12.6. The molecule has 0 saturated carbocycles. The largest absolute Gasteiger partial charge is 0.306 e. The molecule has 0 atom stereocenters. The van der Waals surface area contributed by atoms with Crippen molar-refractivity contribution in [2.24, 2.45) is 7.05 Å². The van der Waals surface area contributed by atoms with Crippen LogP contribution in [0.3, 0.4) is 0 Å². The van der Waals surface area contributed by atoms with E-state index in [1.807, 2.05) is 62.7 Å². The number of benzene rings is 1. The lowest BCUT2D eigenvalue weighted by Crippen LogP contribution is -2.29. The van der Waals surface area contributed by atoms with Crippen LogP contribution in [0.2, 0.25) is 0 Å². The third-order valence-electron chi connectivity index (χ3n) is 5.05. The van der Waals surface area contributed by atoms with Crippen LogP contribution in [0.5, 0.6) is 0 Å². The van der Waals surface area contributed by atoms with E-state index in [9.17, 15) is 0 Å². The summed E-state index contributed by atoms with van der Waals surface area (Å²) >= 11 is 0. The fourth-order valence-corrected chi connectivity index (χ4v) is 3.69. The van der Waals surface area contributed by atoms with Crippen LogP contribution >= 0.6 is 0 Å². The molecule has 0 spiro atoms. The van der Waals surface area contributed by atoms with E-state index in [-0.39, 0.29) is 0 Å². The number of likely N-dealkylation sites (tertiary alicyclic amines) is 1. The fraction of sp³-hybridized carbons (Fsp3) is 0.545. The Morgan fingerprint density at radius 2 is 1.59 bits per heavy atom. The van der Waals surface area contributed by atoms with Gasteiger partial charge in [0.25, 0.3) is 0 Å². The van der Waals surface area contributed by atoms with Crippen molar-refractivity contribution in [3.05, 3.63) is 41.9 Å². The van der Waals surface area contributed by atoms with E-state index < -0.39 is 0 Å². The van der Waals surface area contributed by atoms with E-state index >= 15 is 0 Å². The van der Waals surface area contributed by atoms with Gasteiger partial charge in [0.1, 0.15) is 5.69 Å². The SMILES string of the molecule is CC.CC.Cc1cc2cnn(-c3cnn(C)c3)c2cc1C1CCN(C)CC1. The van der Waals surface area contributed by atoms with Crippen LogP contribution in [0.4, 0.5) is 0 Å². The molecule has 0 N–H and O–H groups in total. The minimum Gasteiger partial charge on any atom is -0.306 e. The van der Waals surface area contributed by atoms with Crippen LogP contribution in [-0.2, 0) is 7.05 Å². The van der Waals surface area contributed by atoms with Crippen LogP contribution in [-0.4, -0.2) is 44.6 Å². The van der Waals surface area contributed by atoms with Gasteiger partial charge in [0.2, 0.25) is 0 Å². The smallest absolute Gasteiger partial charge is 0.103 e. The van der Waals surface area contributed by atoms with Gasteiger partial charge < -0.3 is 4.90 Å². The number of aryl methyl sites for hydroxylation is 2. The van der Waals surface area contributed by atoms with Gasteiger partial charge in [0, 0.05) is 12.4 Å². The molecule has 1 aliphatic rings. The topological polar surface area (TPSA) is 38.9 Å². The van der Waals surface area contributed by atoms with Crippen LogP contribution in [0.25, 0.3) is 16.6 Å². The molecule has 5 heteroatoms. The molecular formula is C22H35N5. The van der Waals surface area contributed by atoms with Gasteiger partial charge in [0.05, 0.1) is 24.1 Å². The molecule has 0 unspecified atom stereocenters. The van der Waals surface area contributed by atoms with Gasteiger partial charge in [0.15, 0.2) is 0 Å². The summed E-state index contributed by atoms with van der Waals surface area (Å²) in [5, 5.41) is 10.0. The number of rotatable bonds is 2. The molecule has 2 aromatic heterocycles. The molecule has 0 radical (unpaired) electrons. The maximum absolute atomic E-state index is 4.57. The number of aromatic nitrogens is 4. The lowest BCUT2D eigenvalue weighted by Gasteiger charge is -2.30. The second kappa shape index (κ2) is 9.70. The summed E-state index contributed by atoms with van der Waals surface area (Å²) in [6.07, 6.45) is 8.30. The van der Waals surface area contributed by atoms with E-state index in [1.54, 1.807) is 0 Å². The Balaban J connectivity index is 0.000000614. The van der Waals surface area contributed by atoms with Gasteiger partial charge >= 0.3 is 0 Å². The molecule has 3 heterocycles. The highest BCUT2D eigenvalue weighted by atomic mass is 15.3. The predicted octanol–water partition coefficient (Wildman–Crippen LogP) is 4.93. The third-order valence-corrected chi connectivity index (χ3v) is 5.05. The maximum Gasteiger partial charge on any atom is 0.103 e. The van der Waals surface area contributed by atoms with Crippen molar-refractivity contribution >= 4 is 10.9 Å². The highest BCUT2D eigenvalue weighted by Gasteiger charge is 2.21.